The first-order valence-electron chi connectivity index (χ1n) is 9.93. The fourth-order valence-corrected chi connectivity index (χ4v) is 5.75. The lowest BCUT2D eigenvalue weighted by atomic mass is 9.95. The molecule has 0 bridgehead atoms. The van der Waals surface area contributed by atoms with Crippen molar-refractivity contribution in [2.75, 3.05) is 0 Å². The molecule has 3 rings (SSSR count). The molecule has 0 unspecified atom stereocenters. The van der Waals surface area contributed by atoms with Crippen molar-refractivity contribution in [1.29, 1.82) is 0 Å². The van der Waals surface area contributed by atoms with E-state index < -0.39 is 16.1 Å². The molecule has 0 aromatic heterocycles. The molecule has 3 aromatic carbocycles. The molecule has 140 valence electrons. The van der Waals surface area contributed by atoms with Crippen LogP contribution in [0.1, 0.15) is 11.1 Å². The summed E-state index contributed by atoms with van der Waals surface area (Å²) in [6.07, 6.45) is 0.988. The van der Waals surface area contributed by atoms with E-state index in [1.807, 2.05) is 0 Å². The Labute approximate surface area is 167 Å². The fraction of sp³-hybridized carbons (Fsp3) is 0.280. The number of benzene rings is 3. The fourth-order valence-electron chi connectivity index (χ4n) is 3.43. The first-order chi connectivity index (χ1) is 12.6. The van der Waals surface area contributed by atoms with E-state index in [1.165, 1.54) is 32.6 Å². The second-order valence-electron chi connectivity index (χ2n) is 9.61. The summed E-state index contributed by atoms with van der Waals surface area (Å²) in [5, 5.41) is 3.06. The molecule has 0 heterocycles. The first-order valence-corrected chi connectivity index (χ1v) is 16.9. The second-order valence-corrected chi connectivity index (χ2v) is 19.8. The standard InChI is InChI=1S/C25H32Si2/c1-26(2,3)23-15-12-20(13-16-23)18-22-14-17-24(27(4,5)6)19-25(22)21-10-8-7-9-11-21/h7-17,19H,18H2,1-6H3. The van der Waals surface area contributed by atoms with Gasteiger partial charge in [-0.05, 0) is 28.7 Å². The van der Waals surface area contributed by atoms with Gasteiger partial charge in [-0.2, -0.15) is 0 Å². The van der Waals surface area contributed by atoms with Crippen LogP contribution < -0.4 is 10.4 Å². The normalized spacial score (nSPS) is 12.2. The van der Waals surface area contributed by atoms with Gasteiger partial charge < -0.3 is 0 Å². The summed E-state index contributed by atoms with van der Waals surface area (Å²) in [5.74, 6) is 0. The monoisotopic (exact) mass is 388 g/mol. The minimum absolute atomic E-state index is 0.988. The van der Waals surface area contributed by atoms with Gasteiger partial charge in [0.2, 0.25) is 0 Å². The Morgan fingerprint density at radius 1 is 0.593 bits per heavy atom. The molecule has 27 heavy (non-hydrogen) atoms. The molecule has 0 aliphatic carbocycles. The van der Waals surface area contributed by atoms with E-state index in [0.717, 1.165) is 6.42 Å². The van der Waals surface area contributed by atoms with Crippen LogP contribution in [0.3, 0.4) is 0 Å². The molecule has 0 fully saturated rings. The number of rotatable bonds is 5. The van der Waals surface area contributed by atoms with Crippen molar-refractivity contribution in [2.24, 2.45) is 0 Å². The summed E-state index contributed by atoms with van der Waals surface area (Å²) in [4.78, 5) is 0. The largest absolute Gasteiger partial charge is 0.0776 e. The zero-order valence-corrected chi connectivity index (χ0v) is 19.6. The van der Waals surface area contributed by atoms with Crippen LogP contribution in [0, 0.1) is 0 Å². The Kier molecular flexibility index (Phi) is 5.59. The maximum Gasteiger partial charge on any atom is 0.0776 e. The summed E-state index contributed by atoms with van der Waals surface area (Å²) in [5.41, 5.74) is 5.54. The van der Waals surface area contributed by atoms with Gasteiger partial charge in [0.25, 0.3) is 0 Å². The Morgan fingerprint density at radius 3 is 1.70 bits per heavy atom. The molecule has 0 aliphatic heterocycles. The molecule has 0 N–H and O–H groups in total. The minimum Gasteiger partial charge on any atom is -0.0656 e. The molecular weight excluding hydrogens is 356 g/mol. The predicted molar refractivity (Wildman–Crippen MR) is 127 cm³/mol. The molecule has 0 saturated carbocycles. The van der Waals surface area contributed by atoms with Crippen molar-refractivity contribution >= 4 is 26.5 Å². The second kappa shape index (κ2) is 7.61. The van der Waals surface area contributed by atoms with Gasteiger partial charge in [0.15, 0.2) is 0 Å². The van der Waals surface area contributed by atoms with Gasteiger partial charge in [0, 0.05) is 0 Å². The average Bonchev–Trinajstić information content (AvgIpc) is 2.61. The SMILES string of the molecule is C[Si](C)(C)c1ccc(Cc2ccc([Si](C)(C)C)cc2-c2ccccc2)cc1. The predicted octanol–water partition coefficient (Wildman–Crippen LogP) is 6.03. The van der Waals surface area contributed by atoms with Crippen LogP contribution >= 0.6 is 0 Å². The van der Waals surface area contributed by atoms with Crippen LogP contribution in [0.2, 0.25) is 39.3 Å². The van der Waals surface area contributed by atoms with E-state index in [2.05, 4.69) is 112 Å². The van der Waals surface area contributed by atoms with Crippen LogP contribution in [0.5, 0.6) is 0 Å². The third-order valence-corrected chi connectivity index (χ3v) is 9.38. The summed E-state index contributed by atoms with van der Waals surface area (Å²) in [7, 11) is -2.57. The molecule has 3 aromatic rings. The minimum atomic E-state index is -1.34. The van der Waals surface area contributed by atoms with Gasteiger partial charge in [0.05, 0.1) is 16.1 Å². The van der Waals surface area contributed by atoms with Crippen LogP contribution in [0.25, 0.3) is 11.1 Å². The van der Waals surface area contributed by atoms with E-state index in [1.54, 1.807) is 0 Å². The van der Waals surface area contributed by atoms with Gasteiger partial charge in [-0.25, -0.2) is 0 Å². The van der Waals surface area contributed by atoms with Crippen molar-refractivity contribution in [3.63, 3.8) is 0 Å². The van der Waals surface area contributed by atoms with E-state index in [-0.39, 0.29) is 0 Å². The molecule has 0 amide bonds. The lowest BCUT2D eigenvalue weighted by Crippen LogP contribution is -2.37. The van der Waals surface area contributed by atoms with Gasteiger partial charge in [0.1, 0.15) is 0 Å². The average molecular weight is 389 g/mol. The highest BCUT2D eigenvalue weighted by Gasteiger charge is 2.19. The van der Waals surface area contributed by atoms with Gasteiger partial charge in [-0.1, -0.05) is 122 Å². The number of hydrogen-bond acceptors (Lipinski definition) is 0. The highest BCUT2D eigenvalue weighted by molar-refractivity contribution is 6.89. The van der Waals surface area contributed by atoms with Gasteiger partial charge in [-0.3, -0.25) is 0 Å². The molecule has 0 nitrogen and oxygen atoms in total. The maximum atomic E-state index is 2.45. The third-order valence-electron chi connectivity index (χ3n) is 5.28. The Bertz CT molecular complexity index is 896. The molecule has 0 radical (unpaired) electrons. The summed E-state index contributed by atoms with van der Waals surface area (Å²) >= 11 is 0. The lowest BCUT2D eigenvalue weighted by molar-refractivity contribution is 1.20. The molecular formula is C25H32Si2. The highest BCUT2D eigenvalue weighted by atomic mass is 28.3. The summed E-state index contributed by atoms with van der Waals surface area (Å²) < 4.78 is 0. The summed E-state index contributed by atoms with van der Waals surface area (Å²) in [6, 6.07) is 27.4. The first kappa shape index (κ1) is 19.8. The van der Waals surface area contributed by atoms with Gasteiger partial charge in [-0.15, -0.1) is 0 Å². The topological polar surface area (TPSA) is 0 Å². The Hall–Kier alpha value is -1.91. The van der Waals surface area contributed by atoms with E-state index in [4.69, 9.17) is 0 Å². The molecule has 0 aliphatic rings. The highest BCUT2D eigenvalue weighted by Crippen LogP contribution is 2.26. The lowest BCUT2D eigenvalue weighted by Gasteiger charge is -2.20. The molecule has 2 heteroatoms. The van der Waals surface area contributed by atoms with E-state index in [0.29, 0.717) is 0 Å². The van der Waals surface area contributed by atoms with E-state index in [9.17, 15) is 0 Å². The molecule has 0 atom stereocenters. The quantitative estimate of drug-likeness (QED) is 0.468. The van der Waals surface area contributed by atoms with Crippen LogP contribution in [-0.4, -0.2) is 16.1 Å². The third kappa shape index (κ3) is 4.88. The zero-order chi connectivity index (χ0) is 19.7. The Balaban J connectivity index is 2.00. The summed E-state index contributed by atoms with van der Waals surface area (Å²) in [6.45, 7) is 14.5. The van der Waals surface area contributed by atoms with Crippen molar-refractivity contribution < 1.29 is 0 Å². The smallest absolute Gasteiger partial charge is 0.0656 e. The van der Waals surface area contributed by atoms with Crippen LogP contribution in [-0.2, 0) is 6.42 Å². The molecule has 0 spiro atoms. The van der Waals surface area contributed by atoms with Gasteiger partial charge >= 0.3 is 0 Å². The van der Waals surface area contributed by atoms with E-state index >= 15 is 0 Å². The van der Waals surface area contributed by atoms with Crippen molar-refractivity contribution in [3.05, 3.63) is 83.9 Å². The Morgan fingerprint density at radius 2 is 1.15 bits per heavy atom. The zero-order valence-electron chi connectivity index (χ0n) is 17.6. The molecule has 0 saturated heterocycles. The van der Waals surface area contributed by atoms with Crippen molar-refractivity contribution in [3.8, 4) is 11.1 Å². The van der Waals surface area contributed by atoms with Crippen LogP contribution in [0.15, 0.2) is 72.8 Å². The van der Waals surface area contributed by atoms with Crippen molar-refractivity contribution in [2.45, 2.75) is 45.7 Å². The maximum absolute atomic E-state index is 2.45. The number of hydrogen-bond donors (Lipinski definition) is 0. The van der Waals surface area contributed by atoms with Crippen molar-refractivity contribution in [1.82, 2.24) is 0 Å². The van der Waals surface area contributed by atoms with Crippen LogP contribution in [0.4, 0.5) is 0 Å².